The van der Waals surface area contributed by atoms with Crippen molar-refractivity contribution in [2.45, 2.75) is 109 Å². The maximum absolute atomic E-state index is 12.9. The molecule has 3 aromatic heterocycles. The van der Waals surface area contributed by atoms with E-state index in [2.05, 4.69) is 43.8 Å². The van der Waals surface area contributed by atoms with Crippen LogP contribution in [0.1, 0.15) is 61.6 Å². The minimum atomic E-state index is -2.00. The van der Waals surface area contributed by atoms with E-state index in [0.717, 1.165) is 5.39 Å². The Bertz CT molecular complexity index is 1400. The van der Waals surface area contributed by atoms with Crippen molar-refractivity contribution in [1.29, 1.82) is 0 Å². The average molecular weight is 571 g/mol. The van der Waals surface area contributed by atoms with Crippen LogP contribution in [0.2, 0.25) is 18.1 Å². The third kappa shape index (κ3) is 5.37. The summed E-state index contributed by atoms with van der Waals surface area (Å²) in [6.07, 6.45) is 3.24. The topological polar surface area (TPSA) is 98.9 Å². The van der Waals surface area contributed by atoms with Crippen molar-refractivity contribution in [3.63, 3.8) is 0 Å². The number of rotatable bonds is 5. The van der Waals surface area contributed by atoms with Crippen LogP contribution in [0.4, 0.5) is 4.79 Å². The first kappa shape index (κ1) is 28.9. The molecular weight excluding hydrogens is 528 g/mol. The van der Waals surface area contributed by atoms with Crippen LogP contribution in [-0.2, 0) is 23.4 Å². The van der Waals surface area contributed by atoms with Gasteiger partial charge in [0.05, 0.1) is 12.3 Å². The Labute approximate surface area is 237 Å². The fraction of sp³-hybridized carbons (Fsp3) is 0.621. The van der Waals surface area contributed by atoms with E-state index in [-0.39, 0.29) is 23.4 Å². The van der Waals surface area contributed by atoms with Crippen LogP contribution >= 0.6 is 0 Å². The number of aromatic nitrogens is 4. The van der Waals surface area contributed by atoms with Crippen LogP contribution in [0.5, 0.6) is 0 Å². The molecule has 2 fully saturated rings. The maximum atomic E-state index is 12.9. The molecule has 4 atom stereocenters. The minimum Gasteiger partial charge on any atom is -0.443 e. The van der Waals surface area contributed by atoms with E-state index in [1.807, 2.05) is 57.5 Å². The molecule has 0 saturated carbocycles. The van der Waals surface area contributed by atoms with Crippen LogP contribution in [0.25, 0.3) is 22.4 Å². The highest BCUT2D eigenvalue weighted by Gasteiger charge is 2.56. The third-order valence-electron chi connectivity index (χ3n) is 7.90. The van der Waals surface area contributed by atoms with Gasteiger partial charge in [0.1, 0.15) is 41.6 Å². The fourth-order valence-electron chi connectivity index (χ4n) is 4.95. The first-order chi connectivity index (χ1) is 18.5. The van der Waals surface area contributed by atoms with Gasteiger partial charge in [0, 0.05) is 17.8 Å². The lowest BCUT2D eigenvalue weighted by Gasteiger charge is -2.37. The summed E-state index contributed by atoms with van der Waals surface area (Å²) in [6.45, 7) is 20.9. The van der Waals surface area contributed by atoms with E-state index in [1.54, 1.807) is 12.3 Å². The van der Waals surface area contributed by atoms with E-state index in [9.17, 15) is 4.79 Å². The van der Waals surface area contributed by atoms with E-state index < -0.39 is 32.0 Å². The highest BCUT2D eigenvalue weighted by atomic mass is 28.4. The molecule has 2 aliphatic rings. The highest BCUT2D eigenvalue weighted by Crippen LogP contribution is 2.45. The third-order valence-corrected chi connectivity index (χ3v) is 12.4. The standard InChI is InChI=1S/C29H42N4O6Si/c1-27(2,3)39-26(34)32-14-11-12-19(32)21-18-13-15-33(24(18)31-17-30-21)25-23-22(37-29(7,8)38-23)20(36-25)16-35-40(9,10)28(4,5)6/h11-15,17,20,22-23,25H,16H2,1-10H3/t20-,22-,23-,25-/m1/s1. The molecule has 0 aliphatic carbocycles. The van der Waals surface area contributed by atoms with Crippen LogP contribution < -0.4 is 0 Å². The number of carbonyl (C=O) groups is 1. The smallest absolute Gasteiger partial charge is 0.419 e. The summed E-state index contributed by atoms with van der Waals surface area (Å²) in [7, 11) is -2.00. The molecule has 40 heavy (non-hydrogen) atoms. The Balaban J connectivity index is 1.47. The summed E-state index contributed by atoms with van der Waals surface area (Å²) >= 11 is 0. The number of carbonyl (C=O) groups excluding carboxylic acids is 1. The molecule has 0 amide bonds. The Morgan fingerprint density at radius 3 is 2.42 bits per heavy atom. The molecular formula is C29H42N4O6Si. The average Bonchev–Trinajstić information content (AvgIpc) is 3.58. The van der Waals surface area contributed by atoms with Crippen LogP contribution in [0.15, 0.2) is 36.9 Å². The Kier molecular flexibility index (Phi) is 7.06. The predicted octanol–water partition coefficient (Wildman–Crippen LogP) is 6.12. The summed E-state index contributed by atoms with van der Waals surface area (Å²) in [5, 5.41) is 0.864. The molecule has 5 rings (SSSR count). The van der Waals surface area contributed by atoms with Crippen molar-refractivity contribution in [3.8, 4) is 11.4 Å². The van der Waals surface area contributed by atoms with Crippen LogP contribution in [0.3, 0.4) is 0 Å². The normalized spacial score (nSPS) is 24.9. The summed E-state index contributed by atoms with van der Waals surface area (Å²) in [5.41, 5.74) is 1.29. The van der Waals surface area contributed by atoms with Crippen LogP contribution in [-0.4, -0.2) is 69.8 Å². The first-order valence-electron chi connectivity index (χ1n) is 13.9. The van der Waals surface area contributed by atoms with Gasteiger partial charge in [0.15, 0.2) is 20.3 Å². The second-order valence-electron chi connectivity index (χ2n) is 13.6. The van der Waals surface area contributed by atoms with Gasteiger partial charge in [0.2, 0.25) is 0 Å². The van der Waals surface area contributed by atoms with Gasteiger partial charge in [-0.25, -0.2) is 14.8 Å². The van der Waals surface area contributed by atoms with Gasteiger partial charge in [-0.15, -0.1) is 0 Å². The molecule has 10 nitrogen and oxygen atoms in total. The lowest BCUT2D eigenvalue weighted by Crippen LogP contribution is -2.44. The van der Waals surface area contributed by atoms with Gasteiger partial charge >= 0.3 is 6.09 Å². The SMILES string of the molecule is CC(C)(C)OC(=O)n1cccc1-c1ncnc2c1ccn2[C@@H]1O[C@H](CO[Si](C)(C)C(C)(C)C)[C@H]2OC(C)(C)O[C@H]21. The zero-order valence-electron chi connectivity index (χ0n) is 25.2. The molecule has 11 heteroatoms. The molecule has 2 saturated heterocycles. The van der Waals surface area contributed by atoms with Crippen LogP contribution in [0, 0.1) is 0 Å². The number of hydrogen-bond acceptors (Lipinski definition) is 8. The van der Waals surface area contributed by atoms with Crippen molar-refractivity contribution in [2.75, 3.05) is 6.61 Å². The largest absolute Gasteiger partial charge is 0.443 e. The van der Waals surface area contributed by atoms with Gasteiger partial charge in [0.25, 0.3) is 0 Å². The van der Waals surface area contributed by atoms with Gasteiger partial charge < -0.3 is 27.9 Å². The maximum Gasteiger partial charge on any atom is 0.419 e. The molecule has 2 aliphatic heterocycles. The molecule has 0 unspecified atom stereocenters. The Morgan fingerprint density at radius 2 is 1.75 bits per heavy atom. The van der Waals surface area contributed by atoms with Crippen molar-refractivity contribution in [2.24, 2.45) is 0 Å². The number of nitrogens with zero attached hydrogens (tertiary/aromatic N) is 4. The van der Waals surface area contributed by atoms with E-state index in [4.69, 9.17) is 23.4 Å². The summed E-state index contributed by atoms with van der Waals surface area (Å²) in [4.78, 5) is 22.1. The van der Waals surface area contributed by atoms with Gasteiger partial charge in [-0.1, -0.05) is 20.8 Å². The monoisotopic (exact) mass is 570 g/mol. The predicted molar refractivity (Wildman–Crippen MR) is 153 cm³/mol. The molecule has 0 radical (unpaired) electrons. The second-order valence-corrected chi connectivity index (χ2v) is 18.4. The first-order valence-corrected chi connectivity index (χ1v) is 16.8. The van der Waals surface area contributed by atoms with E-state index in [0.29, 0.717) is 23.6 Å². The summed E-state index contributed by atoms with van der Waals surface area (Å²) in [5.74, 6) is -0.746. The van der Waals surface area contributed by atoms with Gasteiger partial charge in [-0.05, 0) is 71.0 Å². The second kappa shape index (κ2) is 9.76. The van der Waals surface area contributed by atoms with Crippen molar-refractivity contribution >= 4 is 25.4 Å². The quantitative estimate of drug-likeness (QED) is 0.338. The van der Waals surface area contributed by atoms with Gasteiger partial charge in [-0.3, -0.25) is 4.57 Å². The van der Waals surface area contributed by atoms with Gasteiger partial charge in [-0.2, -0.15) is 0 Å². The molecule has 0 N–H and O–H groups in total. The fourth-order valence-corrected chi connectivity index (χ4v) is 5.96. The zero-order valence-corrected chi connectivity index (χ0v) is 26.2. The molecule has 0 bridgehead atoms. The van der Waals surface area contributed by atoms with E-state index >= 15 is 0 Å². The lowest BCUT2D eigenvalue weighted by atomic mass is 10.1. The van der Waals surface area contributed by atoms with Crippen molar-refractivity contribution in [3.05, 3.63) is 36.9 Å². The number of fused-ring (bicyclic) bond motifs is 2. The molecule has 218 valence electrons. The van der Waals surface area contributed by atoms with Crippen molar-refractivity contribution in [1.82, 2.24) is 19.1 Å². The molecule has 3 aromatic rings. The number of ether oxygens (including phenoxy) is 4. The van der Waals surface area contributed by atoms with Crippen molar-refractivity contribution < 1.29 is 28.2 Å². The molecule has 0 spiro atoms. The molecule has 0 aromatic carbocycles. The zero-order chi connectivity index (χ0) is 29.3. The Morgan fingerprint density at radius 1 is 1.05 bits per heavy atom. The summed E-state index contributed by atoms with van der Waals surface area (Å²) in [6, 6.07) is 5.58. The summed E-state index contributed by atoms with van der Waals surface area (Å²) < 4.78 is 34.9. The highest BCUT2D eigenvalue weighted by molar-refractivity contribution is 6.74. The number of hydrogen-bond donors (Lipinski definition) is 0. The lowest BCUT2D eigenvalue weighted by molar-refractivity contribution is -0.199. The van der Waals surface area contributed by atoms with E-state index in [1.165, 1.54) is 10.9 Å². The Hall–Kier alpha value is -2.57. The minimum absolute atomic E-state index is 0.0810. The molecule has 5 heterocycles.